The van der Waals surface area contributed by atoms with Gasteiger partial charge in [0.15, 0.2) is 0 Å². The molecule has 18 heavy (non-hydrogen) atoms. The molecule has 3 nitrogen and oxygen atoms in total. The second-order valence-electron chi connectivity index (χ2n) is 5.45. The zero-order valence-corrected chi connectivity index (χ0v) is 12.6. The van der Waals surface area contributed by atoms with Crippen LogP contribution in [0.15, 0.2) is 0 Å². The summed E-state index contributed by atoms with van der Waals surface area (Å²) < 4.78 is 0. The Hall–Kier alpha value is -0.450. The largest absolute Gasteiger partial charge is 0.316 e. The van der Waals surface area contributed by atoms with Crippen LogP contribution in [0.3, 0.4) is 0 Å². The minimum atomic E-state index is 0.646. The van der Waals surface area contributed by atoms with Crippen molar-refractivity contribution in [3.8, 4) is 0 Å². The van der Waals surface area contributed by atoms with E-state index in [0.29, 0.717) is 5.92 Å². The van der Waals surface area contributed by atoms with Crippen LogP contribution >= 0.6 is 11.3 Å². The molecule has 0 amide bonds. The molecule has 1 heterocycles. The van der Waals surface area contributed by atoms with Crippen molar-refractivity contribution in [2.24, 2.45) is 0 Å². The molecule has 0 bridgehead atoms. The van der Waals surface area contributed by atoms with Crippen molar-refractivity contribution in [1.29, 1.82) is 0 Å². The molecule has 0 radical (unpaired) electrons. The summed E-state index contributed by atoms with van der Waals surface area (Å²) in [7, 11) is 4.22. The third kappa shape index (κ3) is 3.53. The molecule has 0 saturated heterocycles. The van der Waals surface area contributed by atoms with Crippen molar-refractivity contribution >= 4 is 11.3 Å². The summed E-state index contributed by atoms with van der Waals surface area (Å²) in [6.07, 6.45) is 5.08. The van der Waals surface area contributed by atoms with E-state index < -0.39 is 0 Å². The Kier molecular flexibility index (Phi) is 5.15. The quantitative estimate of drug-likeness (QED) is 0.803. The fraction of sp³-hybridized carbons (Fsp3) is 0.786. The lowest BCUT2D eigenvalue weighted by Crippen LogP contribution is -2.25. The van der Waals surface area contributed by atoms with Gasteiger partial charge in [-0.3, -0.25) is 0 Å². The average Bonchev–Trinajstić information content (AvgIpc) is 2.71. The van der Waals surface area contributed by atoms with E-state index >= 15 is 0 Å². The predicted octanol–water partition coefficient (Wildman–Crippen LogP) is 2.62. The maximum atomic E-state index is 4.89. The topological polar surface area (TPSA) is 28.2 Å². The van der Waals surface area contributed by atoms with E-state index in [-0.39, 0.29) is 0 Å². The van der Waals surface area contributed by atoms with Gasteiger partial charge in [-0.05, 0) is 46.3 Å². The number of hydrogen-bond acceptors (Lipinski definition) is 4. The molecule has 102 valence electrons. The molecule has 0 fully saturated rings. The summed E-state index contributed by atoms with van der Waals surface area (Å²) in [5.41, 5.74) is 1.40. The SMILES string of the molecule is CCCNCC1CCCc2sc(CN(C)C)nc21. The smallest absolute Gasteiger partial charge is 0.107 e. The summed E-state index contributed by atoms with van der Waals surface area (Å²) in [4.78, 5) is 8.63. The van der Waals surface area contributed by atoms with Crippen LogP contribution in [-0.4, -0.2) is 37.1 Å². The first kappa shape index (κ1) is 14.0. The van der Waals surface area contributed by atoms with Gasteiger partial charge in [0.1, 0.15) is 5.01 Å². The summed E-state index contributed by atoms with van der Waals surface area (Å²) in [6.45, 7) is 5.43. The van der Waals surface area contributed by atoms with Crippen molar-refractivity contribution in [2.45, 2.75) is 45.1 Å². The number of aromatic nitrogens is 1. The lowest BCUT2D eigenvalue weighted by atomic mass is 9.91. The summed E-state index contributed by atoms with van der Waals surface area (Å²) in [5.74, 6) is 0.646. The first-order valence-corrected chi connectivity index (χ1v) is 7.86. The Labute approximate surface area is 115 Å². The molecule has 1 aromatic rings. The molecular weight excluding hydrogens is 242 g/mol. The second kappa shape index (κ2) is 6.64. The number of rotatable bonds is 6. The molecule has 0 aromatic carbocycles. The van der Waals surface area contributed by atoms with Crippen molar-refractivity contribution in [3.05, 3.63) is 15.6 Å². The Balaban J connectivity index is 2.03. The minimum Gasteiger partial charge on any atom is -0.316 e. The van der Waals surface area contributed by atoms with Crippen molar-refractivity contribution in [1.82, 2.24) is 15.2 Å². The highest BCUT2D eigenvalue weighted by atomic mass is 32.1. The second-order valence-corrected chi connectivity index (χ2v) is 6.62. The van der Waals surface area contributed by atoms with Crippen LogP contribution in [0.25, 0.3) is 0 Å². The van der Waals surface area contributed by atoms with Crippen molar-refractivity contribution in [3.63, 3.8) is 0 Å². The summed E-state index contributed by atoms with van der Waals surface area (Å²) in [5, 5.41) is 4.83. The van der Waals surface area contributed by atoms with Crippen LogP contribution in [-0.2, 0) is 13.0 Å². The first-order valence-electron chi connectivity index (χ1n) is 7.04. The van der Waals surface area contributed by atoms with Gasteiger partial charge in [-0.25, -0.2) is 4.98 Å². The Morgan fingerprint density at radius 1 is 1.44 bits per heavy atom. The highest BCUT2D eigenvalue weighted by Crippen LogP contribution is 2.34. The number of nitrogens with zero attached hydrogens (tertiary/aromatic N) is 2. The molecular formula is C14H25N3S. The van der Waals surface area contributed by atoms with E-state index in [9.17, 15) is 0 Å². The number of nitrogens with one attached hydrogen (secondary N) is 1. The fourth-order valence-electron chi connectivity index (χ4n) is 2.55. The van der Waals surface area contributed by atoms with Crippen LogP contribution in [0.5, 0.6) is 0 Å². The van der Waals surface area contributed by atoms with Gasteiger partial charge >= 0.3 is 0 Å². The molecule has 1 N–H and O–H groups in total. The molecule has 1 atom stereocenters. The number of fused-ring (bicyclic) bond motifs is 1. The van der Waals surface area contributed by atoms with Crippen LogP contribution < -0.4 is 5.32 Å². The number of aryl methyl sites for hydroxylation is 1. The van der Waals surface area contributed by atoms with Gasteiger partial charge in [-0.2, -0.15) is 0 Å². The third-order valence-electron chi connectivity index (χ3n) is 3.38. The van der Waals surface area contributed by atoms with Gasteiger partial charge < -0.3 is 10.2 Å². The van der Waals surface area contributed by atoms with Gasteiger partial charge in [0.25, 0.3) is 0 Å². The van der Waals surface area contributed by atoms with E-state index in [4.69, 9.17) is 4.98 Å². The van der Waals surface area contributed by atoms with Crippen LogP contribution in [0.4, 0.5) is 0 Å². The Bertz CT molecular complexity index is 373. The number of thiazole rings is 1. The molecule has 1 unspecified atom stereocenters. The molecule has 0 saturated carbocycles. The van der Waals surface area contributed by atoms with E-state index in [0.717, 1.165) is 19.6 Å². The van der Waals surface area contributed by atoms with E-state index in [1.807, 2.05) is 11.3 Å². The van der Waals surface area contributed by atoms with Crippen LogP contribution in [0, 0.1) is 0 Å². The lowest BCUT2D eigenvalue weighted by Gasteiger charge is -2.21. The zero-order valence-electron chi connectivity index (χ0n) is 11.8. The predicted molar refractivity (Wildman–Crippen MR) is 78.3 cm³/mol. The standard InChI is InChI=1S/C14H25N3S/c1-4-8-15-9-11-6-5-7-12-14(11)16-13(18-12)10-17(2)3/h11,15H,4-10H2,1-3H3. The van der Waals surface area contributed by atoms with Crippen LogP contribution in [0.1, 0.15) is 47.7 Å². The zero-order chi connectivity index (χ0) is 13.0. The molecule has 0 aliphatic heterocycles. The lowest BCUT2D eigenvalue weighted by molar-refractivity contribution is 0.400. The fourth-order valence-corrected chi connectivity index (χ4v) is 3.86. The molecule has 4 heteroatoms. The van der Waals surface area contributed by atoms with Gasteiger partial charge in [0.05, 0.1) is 5.69 Å². The molecule has 1 aromatic heterocycles. The van der Waals surface area contributed by atoms with Gasteiger partial charge in [-0.1, -0.05) is 6.92 Å². The van der Waals surface area contributed by atoms with E-state index in [1.54, 1.807) is 4.88 Å². The van der Waals surface area contributed by atoms with E-state index in [2.05, 4.69) is 31.2 Å². The molecule has 1 aliphatic carbocycles. The molecule has 2 rings (SSSR count). The minimum absolute atomic E-state index is 0.646. The highest BCUT2D eigenvalue weighted by molar-refractivity contribution is 7.11. The maximum Gasteiger partial charge on any atom is 0.107 e. The third-order valence-corrected chi connectivity index (χ3v) is 4.50. The normalized spacial score (nSPS) is 19.2. The monoisotopic (exact) mass is 267 g/mol. The maximum absolute atomic E-state index is 4.89. The van der Waals surface area contributed by atoms with Gasteiger partial charge in [-0.15, -0.1) is 11.3 Å². The van der Waals surface area contributed by atoms with Gasteiger partial charge in [0, 0.05) is 23.9 Å². The molecule has 1 aliphatic rings. The summed E-state index contributed by atoms with van der Waals surface area (Å²) in [6, 6.07) is 0. The Morgan fingerprint density at radius 3 is 3.00 bits per heavy atom. The average molecular weight is 267 g/mol. The first-order chi connectivity index (χ1) is 8.70. The van der Waals surface area contributed by atoms with Crippen molar-refractivity contribution in [2.75, 3.05) is 27.2 Å². The van der Waals surface area contributed by atoms with Crippen molar-refractivity contribution < 1.29 is 0 Å². The van der Waals surface area contributed by atoms with Crippen LogP contribution in [0.2, 0.25) is 0 Å². The molecule has 0 spiro atoms. The number of hydrogen-bond donors (Lipinski definition) is 1. The summed E-state index contributed by atoms with van der Waals surface area (Å²) >= 11 is 1.93. The Morgan fingerprint density at radius 2 is 2.28 bits per heavy atom. The van der Waals surface area contributed by atoms with Gasteiger partial charge in [0.2, 0.25) is 0 Å². The highest BCUT2D eigenvalue weighted by Gasteiger charge is 2.24. The van der Waals surface area contributed by atoms with E-state index in [1.165, 1.54) is 36.4 Å².